The van der Waals surface area contributed by atoms with Crippen molar-refractivity contribution in [3.8, 4) is 11.8 Å². The van der Waals surface area contributed by atoms with Gasteiger partial charge in [-0.05, 0) is 40.2 Å². The summed E-state index contributed by atoms with van der Waals surface area (Å²) in [7, 11) is 0. The van der Waals surface area contributed by atoms with E-state index in [1.807, 2.05) is 24.3 Å². The molecule has 5 nitrogen and oxygen atoms in total. The second-order valence-corrected chi connectivity index (χ2v) is 5.12. The van der Waals surface area contributed by atoms with Crippen LogP contribution in [0.2, 0.25) is 0 Å². The van der Waals surface area contributed by atoms with Crippen LogP contribution < -0.4 is 4.74 Å². The van der Waals surface area contributed by atoms with Gasteiger partial charge in [0.15, 0.2) is 0 Å². The molecule has 0 saturated heterocycles. The molecule has 0 saturated carbocycles. The zero-order chi connectivity index (χ0) is 14.8. The Balaban J connectivity index is 1.98. The lowest BCUT2D eigenvalue weighted by Crippen LogP contribution is -1.98. The Bertz CT molecular complexity index is 836. The lowest BCUT2D eigenvalue weighted by Gasteiger charge is -2.07. The summed E-state index contributed by atoms with van der Waals surface area (Å²) in [4.78, 5) is 19.4. The van der Waals surface area contributed by atoms with E-state index < -0.39 is 5.97 Å². The van der Waals surface area contributed by atoms with E-state index in [9.17, 15) is 4.79 Å². The fraction of sp³-hybridized carbons (Fsp3) is 0. The highest BCUT2D eigenvalue weighted by molar-refractivity contribution is 9.10. The highest BCUT2D eigenvalue weighted by atomic mass is 79.9. The zero-order valence-corrected chi connectivity index (χ0v) is 12.2. The Morgan fingerprint density at radius 1 is 1.19 bits per heavy atom. The Morgan fingerprint density at radius 3 is 2.81 bits per heavy atom. The molecule has 1 aromatic heterocycles. The summed E-state index contributed by atoms with van der Waals surface area (Å²) in [5.41, 5.74) is 0.891. The molecule has 3 rings (SSSR count). The van der Waals surface area contributed by atoms with Crippen molar-refractivity contribution in [1.82, 2.24) is 9.97 Å². The first-order valence-corrected chi connectivity index (χ1v) is 6.85. The molecule has 0 amide bonds. The van der Waals surface area contributed by atoms with E-state index in [0.717, 1.165) is 10.9 Å². The molecule has 2 aromatic carbocycles. The average Bonchev–Trinajstić information content (AvgIpc) is 2.49. The van der Waals surface area contributed by atoms with Gasteiger partial charge in [-0.1, -0.05) is 18.2 Å². The van der Waals surface area contributed by atoms with Crippen LogP contribution in [-0.2, 0) is 0 Å². The second kappa shape index (κ2) is 5.49. The number of rotatable bonds is 3. The SMILES string of the molecule is O=C(O)c1ccc(Br)c(Oc2ncc3ccccc3n2)c1. The van der Waals surface area contributed by atoms with Crippen LogP contribution in [0.1, 0.15) is 10.4 Å². The predicted octanol–water partition coefficient (Wildman–Crippen LogP) is 3.88. The molecule has 21 heavy (non-hydrogen) atoms. The zero-order valence-electron chi connectivity index (χ0n) is 10.7. The standard InChI is InChI=1S/C15H9BrN2O3/c16-11-6-5-9(14(19)20)7-13(11)21-15-17-8-10-3-1-2-4-12(10)18-15/h1-8H,(H,19,20). The smallest absolute Gasteiger partial charge is 0.335 e. The van der Waals surface area contributed by atoms with Crippen LogP contribution in [-0.4, -0.2) is 21.0 Å². The van der Waals surface area contributed by atoms with Crippen LogP contribution in [0.4, 0.5) is 0 Å². The second-order valence-electron chi connectivity index (χ2n) is 4.26. The van der Waals surface area contributed by atoms with Gasteiger partial charge in [-0.3, -0.25) is 0 Å². The molecule has 3 aromatic rings. The monoisotopic (exact) mass is 344 g/mol. The Labute approximate surface area is 128 Å². The quantitative estimate of drug-likeness (QED) is 0.780. The molecule has 1 N–H and O–H groups in total. The van der Waals surface area contributed by atoms with Crippen LogP contribution in [0.3, 0.4) is 0 Å². The van der Waals surface area contributed by atoms with Gasteiger partial charge in [-0.15, -0.1) is 0 Å². The highest BCUT2D eigenvalue weighted by Crippen LogP contribution is 2.29. The molecule has 1 heterocycles. The van der Waals surface area contributed by atoms with Gasteiger partial charge in [-0.25, -0.2) is 9.78 Å². The van der Waals surface area contributed by atoms with Crippen molar-refractivity contribution < 1.29 is 14.6 Å². The molecule has 0 aliphatic carbocycles. The Morgan fingerprint density at radius 2 is 2.00 bits per heavy atom. The van der Waals surface area contributed by atoms with Gasteiger partial charge in [-0.2, -0.15) is 4.98 Å². The number of carbonyl (C=O) groups is 1. The van der Waals surface area contributed by atoms with E-state index >= 15 is 0 Å². The fourth-order valence-electron chi connectivity index (χ4n) is 1.82. The van der Waals surface area contributed by atoms with Crippen LogP contribution in [0.25, 0.3) is 10.9 Å². The van der Waals surface area contributed by atoms with Gasteiger partial charge in [0.2, 0.25) is 0 Å². The van der Waals surface area contributed by atoms with E-state index in [1.165, 1.54) is 12.1 Å². The highest BCUT2D eigenvalue weighted by Gasteiger charge is 2.10. The number of aromatic carboxylic acids is 1. The number of nitrogens with zero attached hydrogens (tertiary/aromatic N) is 2. The first-order chi connectivity index (χ1) is 10.1. The average molecular weight is 345 g/mol. The molecule has 0 bridgehead atoms. The number of halogens is 1. The van der Waals surface area contributed by atoms with Crippen LogP contribution in [0.5, 0.6) is 11.8 Å². The van der Waals surface area contributed by atoms with Crippen molar-refractivity contribution >= 4 is 32.8 Å². The number of fused-ring (bicyclic) bond motifs is 1. The molecular weight excluding hydrogens is 336 g/mol. The van der Waals surface area contributed by atoms with E-state index in [0.29, 0.717) is 10.2 Å². The maximum absolute atomic E-state index is 11.0. The summed E-state index contributed by atoms with van der Waals surface area (Å²) < 4.78 is 6.20. The molecular formula is C15H9BrN2O3. The van der Waals surface area contributed by atoms with Crippen molar-refractivity contribution in [3.05, 3.63) is 58.7 Å². The van der Waals surface area contributed by atoms with Crippen molar-refractivity contribution in [3.63, 3.8) is 0 Å². The lowest BCUT2D eigenvalue weighted by molar-refractivity contribution is 0.0696. The fourth-order valence-corrected chi connectivity index (χ4v) is 2.14. The number of ether oxygens (including phenoxy) is 1. The van der Waals surface area contributed by atoms with Gasteiger partial charge in [0, 0.05) is 11.6 Å². The minimum atomic E-state index is -1.02. The summed E-state index contributed by atoms with van der Waals surface area (Å²) in [5, 5.41) is 9.91. The number of carboxylic acids is 1. The van der Waals surface area contributed by atoms with E-state index in [-0.39, 0.29) is 11.6 Å². The molecule has 0 fully saturated rings. The van der Waals surface area contributed by atoms with E-state index in [2.05, 4.69) is 25.9 Å². The molecule has 6 heteroatoms. The first-order valence-electron chi connectivity index (χ1n) is 6.06. The third-order valence-corrected chi connectivity index (χ3v) is 3.50. The van der Waals surface area contributed by atoms with Crippen molar-refractivity contribution in [2.24, 2.45) is 0 Å². The van der Waals surface area contributed by atoms with Gasteiger partial charge >= 0.3 is 12.0 Å². The number of aromatic nitrogens is 2. The van der Waals surface area contributed by atoms with Gasteiger partial charge in [0.25, 0.3) is 0 Å². The Kier molecular flexibility index (Phi) is 3.53. The summed E-state index contributed by atoms with van der Waals surface area (Å²) in [6, 6.07) is 12.2. The maximum Gasteiger partial charge on any atom is 0.335 e. The van der Waals surface area contributed by atoms with Crippen LogP contribution >= 0.6 is 15.9 Å². The summed E-state index contributed by atoms with van der Waals surface area (Å²) >= 11 is 3.31. The minimum absolute atomic E-state index is 0.133. The molecule has 0 unspecified atom stereocenters. The summed E-state index contributed by atoms with van der Waals surface area (Å²) in [6.07, 6.45) is 1.66. The van der Waals surface area contributed by atoms with Crippen molar-refractivity contribution in [1.29, 1.82) is 0 Å². The number of carboxylic acid groups (broad SMARTS) is 1. The number of para-hydroxylation sites is 1. The number of benzene rings is 2. The number of hydrogen-bond acceptors (Lipinski definition) is 4. The molecule has 104 valence electrons. The molecule has 0 aliphatic rings. The largest absolute Gasteiger partial charge is 0.478 e. The third kappa shape index (κ3) is 2.85. The third-order valence-electron chi connectivity index (χ3n) is 2.85. The van der Waals surface area contributed by atoms with E-state index in [1.54, 1.807) is 12.3 Å². The summed E-state index contributed by atoms with van der Waals surface area (Å²) in [6.45, 7) is 0. The van der Waals surface area contributed by atoms with E-state index in [4.69, 9.17) is 9.84 Å². The molecule has 0 radical (unpaired) electrons. The lowest BCUT2D eigenvalue weighted by atomic mass is 10.2. The topological polar surface area (TPSA) is 72.3 Å². The predicted molar refractivity (Wildman–Crippen MR) is 80.7 cm³/mol. The molecule has 0 spiro atoms. The molecule has 0 aliphatic heterocycles. The van der Waals surface area contributed by atoms with Crippen molar-refractivity contribution in [2.45, 2.75) is 0 Å². The minimum Gasteiger partial charge on any atom is -0.478 e. The Hall–Kier alpha value is -2.47. The van der Waals surface area contributed by atoms with Crippen molar-refractivity contribution in [2.75, 3.05) is 0 Å². The van der Waals surface area contributed by atoms with Gasteiger partial charge in [0.1, 0.15) is 5.75 Å². The number of hydrogen-bond donors (Lipinski definition) is 1. The van der Waals surface area contributed by atoms with Crippen LogP contribution in [0.15, 0.2) is 53.1 Å². The summed E-state index contributed by atoms with van der Waals surface area (Å²) in [5.74, 6) is -0.669. The van der Waals surface area contributed by atoms with Gasteiger partial charge in [0.05, 0.1) is 15.6 Å². The maximum atomic E-state index is 11.0. The first kappa shape index (κ1) is 13.5. The van der Waals surface area contributed by atoms with Gasteiger partial charge < -0.3 is 9.84 Å². The molecule has 0 atom stereocenters. The van der Waals surface area contributed by atoms with Crippen LogP contribution in [0, 0.1) is 0 Å². The normalized spacial score (nSPS) is 10.5.